The van der Waals surface area contributed by atoms with E-state index in [-0.39, 0.29) is 0 Å². The second-order valence-corrected chi connectivity index (χ2v) is 5.34. The van der Waals surface area contributed by atoms with Crippen molar-refractivity contribution in [1.29, 1.82) is 0 Å². The van der Waals surface area contributed by atoms with Crippen LogP contribution in [0.15, 0.2) is 3.92 Å². The Hall–Kier alpha value is -0.480. The van der Waals surface area contributed by atoms with Crippen molar-refractivity contribution in [3.05, 3.63) is 20.7 Å². The third-order valence-electron chi connectivity index (χ3n) is 2.30. The Labute approximate surface area is 89.2 Å². The zero-order valence-electron chi connectivity index (χ0n) is 7.68. The fourth-order valence-corrected chi connectivity index (χ4v) is 2.73. The van der Waals surface area contributed by atoms with Gasteiger partial charge in [-0.1, -0.05) is 0 Å². The Morgan fingerprint density at radius 3 is 2.46 bits per heavy atom. The van der Waals surface area contributed by atoms with Crippen molar-refractivity contribution in [2.75, 3.05) is 0 Å². The molecule has 0 fully saturated rings. The number of nitrogens with zero attached hydrogens (tertiary/aromatic N) is 2. The van der Waals surface area contributed by atoms with Gasteiger partial charge < -0.3 is 0 Å². The number of thiazole rings is 1. The lowest BCUT2D eigenvalue weighted by Gasteiger charge is -2.02. The number of rotatable bonds is 0. The van der Waals surface area contributed by atoms with Gasteiger partial charge in [0.15, 0.2) is 9.56 Å². The maximum absolute atomic E-state index is 4.43. The highest BCUT2D eigenvalue weighted by Gasteiger charge is 2.09. The Bertz CT molecular complexity index is 476. The summed E-state index contributed by atoms with van der Waals surface area (Å²) in [7, 11) is 0. The fraction of sp³-hybridized carbons (Fsp3) is 0.333. The molecule has 0 spiro atoms. The summed E-state index contributed by atoms with van der Waals surface area (Å²) in [5.41, 5.74) is 4.50. The summed E-state index contributed by atoms with van der Waals surface area (Å²) in [4.78, 5) is 8.73. The molecule has 2 rings (SSSR count). The van der Waals surface area contributed by atoms with E-state index in [2.05, 4.69) is 39.7 Å². The molecule has 68 valence electrons. The molecule has 0 aliphatic rings. The van der Waals surface area contributed by atoms with Gasteiger partial charge in [0.05, 0.1) is 4.70 Å². The molecule has 13 heavy (non-hydrogen) atoms. The van der Waals surface area contributed by atoms with E-state index in [1.165, 1.54) is 15.8 Å². The highest BCUT2D eigenvalue weighted by molar-refractivity contribution is 9.11. The van der Waals surface area contributed by atoms with Gasteiger partial charge in [0.25, 0.3) is 0 Å². The lowest BCUT2D eigenvalue weighted by atomic mass is 10.1. The predicted molar refractivity (Wildman–Crippen MR) is 59.3 cm³/mol. The monoisotopic (exact) mass is 256 g/mol. The molecule has 0 amide bonds. The van der Waals surface area contributed by atoms with Crippen molar-refractivity contribution >= 4 is 37.6 Å². The molecule has 2 heterocycles. The van der Waals surface area contributed by atoms with Crippen molar-refractivity contribution in [2.24, 2.45) is 0 Å². The van der Waals surface area contributed by atoms with E-state index in [1.807, 2.05) is 6.92 Å². The van der Waals surface area contributed by atoms with Gasteiger partial charge in [-0.3, -0.25) is 0 Å². The number of hydrogen-bond acceptors (Lipinski definition) is 3. The molecule has 0 atom stereocenters. The van der Waals surface area contributed by atoms with E-state index >= 15 is 0 Å². The number of aromatic nitrogens is 2. The molecular weight excluding hydrogens is 248 g/mol. The van der Waals surface area contributed by atoms with Crippen LogP contribution in [0.1, 0.15) is 16.8 Å². The highest BCUT2D eigenvalue weighted by Crippen LogP contribution is 2.29. The molecule has 0 N–H and O–H groups in total. The molecule has 0 unspecified atom stereocenters. The minimum atomic E-state index is 0.859. The molecule has 0 aliphatic carbocycles. The van der Waals surface area contributed by atoms with Crippen LogP contribution in [0.4, 0.5) is 0 Å². The van der Waals surface area contributed by atoms with Crippen molar-refractivity contribution in [1.82, 2.24) is 9.97 Å². The lowest BCUT2D eigenvalue weighted by molar-refractivity contribution is 1.15. The first-order valence-electron chi connectivity index (χ1n) is 3.99. The molecule has 0 aliphatic heterocycles. The van der Waals surface area contributed by atoms with Crippen LogP contribution in [-0.4, -0.2) is 9.97 Å². The van der Waals surface area contributed by atoms with Crippen molar-refractivity contribution < 1.29 is 0 Å². The van der Waals surface area contributed by atoms with Crippen LogP contribution >= 0.6 is 27.3 Å². The Morgan fingerprint density at radius 2 is 1.77 bits per heavy atom. The summed E-state index contributed by atoms with van der Waals surface area (Å²) in [6.45, 7) is 6.25. The van der Waals surface area contributed by atoms with E-state index in [1.54, 1.807) is 11.3 Å². The van der Waals surface area contributed by atoms with E-state index < -0.39 is 0 Å². The molecule has 0 radical (unpaired) electrons. The molecule has 0 saturated heterocycles. The van der Waals surface area contributed by atoms with Crippen LogP contribution in [0, 0.1) is 20.8 Å². The molecule has 4 heteroatoms. The van der Waals surface area contributed by atoms with Gasteiger partial charge in [-0.05, 0) is 47.8 Å². The van der Waals surface area contributed by atoms with E-state index in [0.29, 0.717) is 0 Å². The quantitative estimate of drug-likeness (QED) is 0.723. The Morgan fingerprint density at radius 1 is 1.08 bits per heavy atom. The second kappa shape index (κ2) is 3.03. The fourth-order valence-electron chi connectivity index (χ4n) is 1.29. The molecular formula is C9H9BrN2S. The average molecular weight is 257 g/mol. The molecule has 0 bridgehead atoms. The van der Waals surface area contributed by atoms with Gasteiger partial charge in [0, 0.05) is 5.69 Å². The molecule has 0 saturated carbocycles. The molecule has 0 aromatic carbocycles. The van der Waals surface area contributed by atoms with Crippen LogP contribution in [-0.2, 0) is 0 Å². The lowest BCUT2D eigenvalue weighted by Crippen LogP contribution is -1.91. The SMILES string of the molecule is Cc1nc2nc(Br)sc2c(C)c1C. The smallest absolute Gasteiger partial charge is 0.172 e. The number of halogens is 1. The number of fused-ring (bicyclic) bond motifs is 1. The van der Waals surface area contributed by atoms with Gasteiger partial charge in [0.2, 0.25) is 0 Å². The number of aryl methyl sites for hydroxylation is 2. The molecule has 2 nitrogen and oxygen atoms in total. The number of hydrogen-bond donors (Lipinski definition) is 0. The average Bonchev–Trinajstić information content (AvgIpc) is 2.42. The number of pyridine rings is 1. The van der Waals surface area contributed by atoms with Crippen LogP contribution < -0.4 is 0 Å². The van der Waals surface area contributed by atoms with Gasteiger partial charge >= 0.3 is 0 Å². The van der Waals surface area contributed by atoms with Crippen molar-refractivity contribution in [3.8, 4) is 0 Å². The summed E-state index contributed by atoms with van der Waals surface area (Å²) >= 11 is 5.02. The van der Waals surface area contributed by atoms with Gasteiger partial charge in [-0.15, -0.1) is 11.3 Å². The molecule has 2 aromatic heterocycles. The summed E-state index contributed by atoms with van der Waals surface area (Å²) in [6.07, 6.45) is 0. The van der Waals surface area contributed by atoms with E-state index in [0.717, 1.165) is 15.3 Å². The summed E-state index contributed by atoms with van der Waals surface area (Å²) in [5, 5.41) is 0. The van der Waals surface area contributed by atoms with Crippen LogP contribution in [0.3, 0.4) is 0 Å². The van der Waals surface area contributed by atoms with Crippen LogP contribution in [0.2, 0.25) is 0 Å². The minimum Gasteiger partial charge on any atom is -0.232 e. The van der Waals surface area contributed by atoms with Gasteiger partial charge in [0.1, 0.15) is 0 Å². The summed E-state index contributed by atoms with van der Waals surface area (Å²) in [6, 6.07) is 0. The Balaban J connectivity index is 2.92. The standard InChI is InChI=1S/C9H9BrN2S/c1-4-5(2)7-8(11-6(4)3)12-9(10)13-7/h1-3H3. The van der Waals surface area contributed by atoms with E-state index in [9.17, 15) is 0 Å². The first-order valence-corrected chi connectivity index (χ1v) is 5.60. The second-order valence-electron chi connectivity index (χ2n) is 3.07. The largest absolute Gasteiger partial charge is 0.232 e. The van der Waals surface area contributed by atoms with Crippen LogP contribution in [0.25, 0.3) is 10.3 Å². The third-order valence-corrected chi connectivity index (χ3v) is 3.92. The predicted octanol–water partition coefficient (Wildman–Crippen LogP) is 3.38. The van der Waals surface area contributed by atoms with Crippen molar-refractivity contribution in [3.63, 3.8) is 0 Å². The summed E-state index contributed by atoms with van der Waals surface area (Å²) < 4.78 is 2.10. The normalized spacial score (nSPS) is 11.1. The van der Waals surface area contributed by atoms with E-state index in [4.69, 9.17) is 0 Å². The van der Waals surface area contributed by atoms with Crippen molar-refractivity contribution in [2.45, 2.75) is 20.8 Å². The highest BCUT2D eigenvalue weighted by atomic mass is 79.9. The first kappa shape index (κ1) is 9.09. The zero-order valence-corrected chi connectivity index (χ0v) is 10.1. The molecule has 2 aromatic rings. The maximum atomic E-state index is 4.43. The topological polar surface area (TPSA) is 25.8 Å². The van der Waals surface area contributed by atoms with Gasteiger partial charge in [-0.25, -0.2) is 9.97 Å². The first-order chi connectivity index (χ1) is 6.09. The Kier molecular flexibility index (Phi) is 2.12. The minimum absolute atomic E-state index is 0.859. The van der Waals surface area contributed by atoms with Crippen LogP contribution in [0.5, 0.6) is 0 Å². The zero-order chi connectivity index (χ0) is 9.59. The third kappa shape index (κ3) is 1.38. The summed E-state index contributed by atoms with van der Waals surface area (Å²) in [5.74, 6) is 0. The maximum Gasteiger partial charge on any atom is 0.172 e. The van der Waals surface area contributed by atoms with Gasteiger partial charge in [-0.2, -0.15) is 0 Å².